The molecule has 1 heterocycles. The van der Waals surface area contributed by atoms with Crippen molar-refractivity contribution in [1.29, 1.82) is 0 Å². The first-order chi connectivity index (χ1) is 10.9. The van der Waals surface area contributed by atoms with Crippen LogP contribution in [-0.4, -0.2) is 73.5 Å². The van der Waals surface area contributed by atoms with Gasteiger partial charge in [0.15, 0.2) is 5.96 Å². The van der Waals surface area contributed by atoms with Crippen LogP contribution < -0.4 is 10.6 Å². The molecule has 1 saturated heterocycles. The highest BCUT2D eigenvalue weighted by Gasteiger charge is 2.38. The summed E-state index contributed by atoms with van der Waals surface area (Å²) >= 11 is 0. The van der Waals surface area contributed by atoms with Crippen molar-refractivity contribution in [2.24, 2.45) is 10.9 Å². The largest absolute Gasteiger partial charge is 0.356 e. The van der Waals surface area contributed by atoms with Crippen LogP contribution in [0.4, 0.5) is 0 Å². The second-order valence-electron chi connectivity index (χ2n) is 7.58. The van der Waals surface area contributed by atoms with Crippen molar-refractivity contribution < 1.29 is 4.79 Å². The fourth-order valence-electron chi connectivity index (χ4n) is 3.01. The van der Waals surface area contributed by atoms with Gasteiger partial charge in [0.1, 0.15) is 6.54 Å². The van der Waals surface area contributed by atoms with Crippen molar-refractivity contribution in [3.05, 3.63) is 0 Å². The van der Waals surface area contributed by atoms with E-state index in [1.54, 1.807) is 19.0 Å². The molecular weight excluding hydrogens is 290 g/mol. The lowest BCUT2D eigenvalue weighted by atomic mass is 10.2. The smallest absolute Gasteiger partial charge is 0.243 e. The van der Waals surface area contributed by atoms with Crippen molar-refractivity contribution >= 4 is 11.9 Å². The molecule has 1 aliphatic heterocycles. The van der Waals surface area contributed by atoms with Crippen LogP contribution in [0.25, 0.3) is 0 Å². The molecule has 1 aliphatic carbocycles. The zero-order chi connectivity index (χ0) is 17.0. The number of nitrogens with one attached hydrogen (secondary N) is 2. The Labute approximate surface area is 140 Å². The van der Waals surface area contributed by atoms with Crippen LogP contribution in [0.15, 0.2) is 4.99 Å². The highest BCUT2D eigenvalue weighted by atomic mass is 16.2. The van der Waals surface area contributed by atoms with Crippen LogP contribution in [0.5, 0.6) is 0 Å². The predicted molar refractivity (Wildman–Crippen MR) is 94.6 cm³/mol. The van der Waals surface area contributed by atoms with Gasteiger partial charge in [0.05, 0.1) is 0 Å². The maximum Gasteiger partial charge on any atom is 0.243 e. The lowest BCUT2D eigenvalue weighted by Gasteiger charge is -2.21. The van der Waals surface area contributed by atoms with Gasteiger partial charge in [0.25, 0.3) is 0 Å². The number of carbonyl (C=O) groups is 1. The molecule has 0 aromatic carbocycles. The molecule has 1 amide bonds. The highest BCUT2D eigenvalue weighted by Crippen LogP contribution is 2.33. The van der Waals surface area contributed by atoms with Gasteiger partial charge >= 0.3 is 0 Å². The van der Waals surface area contributed by atoms with Crippen LogP contribution >= 0.6 is 0 Å². The zero-order valence-electron chi connectivity index (χ0n) is 15.3. The molecule has 2 fully saturated rings. The number of hydrogen-bond donors (Lipinski definition) is 2. The maximum atomic E-state index is 11.8. The number of aliphatic imine (C=N–C) groups is 1. The van der Waals surface area contributed by atoms with Gasteiger partial charge in [0.2, 0.25) is 5.91 Å². The summed E-state index contributed by atoms with van der Waals surface area (Å²) in [5, 5.41) is 6.90. The first-order valence-corrected chi connectivity index (χ1v) is 8.87. The molecule has 0 aromatic heterocycles. The van der Waals surface area contributed by atoms with Crippen LogP contribution in [0.2, 0.25) is 0 Å². The average molecular weight is 323 g/mol. The molecule has 0 radical (unpaired) electrons. The fraction of sp³-hybridized carbons (Fsp3) is 0.882. The first kappa shape index (κ1) is 18.0. The molecule has 2 rings (SSSR count). The summed E-state index contributed by atoms with van der Waals surface area (Å²) in [7, 11) is 3.53. The third-order valence-corrected chi connectivity index (χ3v) is 4.53. The molecule has 0 aromatic rings. The second-order valence-corrected chi connectivity index (χ2v) is 7.58. The standard InChI is InChI=1S/C17H33N5O/c1-12(2)9-18-17(19-10-16(23)21(4)5)20-14-8-13(3)22(11-14)15-6-7-15/h12-15H,6-11H2,1-5H3,(H2,18,19,20). The zero-order valence-corrected chi connectivity index (χ0v) is 15.3. The van der Waals surface area contributed by atoms with Gasteiger partial charge in [-0.25, -0.2) is 4.99 Å². The molecule has 6 heteroatoms. The summed E-state index contributed by atoms with van der Waals surface area (Å²) in [6.07, 6.45) is 3.84. The van der Waals surface area contributed by atoms with E-state index >= 15 is 0 Å². The van der Waals surface area contributed by atoms with Gasteiger partial charge in [0, 0.05) is 45.3 Å². The van der Waals surface area contributed by atoms with Gasteiger partial charge in [-0.3, -0.25) is 9.69 Å². The van der Waals surface area contributed by atoms with E-state index in [9.17, 15) is 4.79 Å². The lowest BCUT2D eigenvalue weighted by Crippen LogP contribution is -2.46. The summed E-state index contributed by atoms with van der Waals surface area (Å²) < 4.78 is 0. The van der Waals surface area contributed by atoms with E-state index in [1.807, 2.05) is 0 Å². The minimum Gasteiger partial charge on any atom is -0.356 e. The van der Waals surface area contributed by atoms with Gasteiger partial charge in [-0.15, -0.1) is 0 Å². The Kier molecular flexibility index (Phi) is 6.27. The number of amides is 1. The van der Waals surface area contributed by atoms with Gasteiger partial charge < -0.3 is 15.5 Å². The van der Waals surface area contributed by atoms with Gasteiger partial charge in [-0.2, -0.15) is 0 Å². The molecule has 0 spiro atoms. The van der Waals surface area contributed by atoms with Crippen molar-refractivity contribution in [1.82, 2.24) is 20.4 Å². The quantitative estimate of drug-likeness (QED) is 0.563. The molecule has 132 valence electrons. The minimum atomic E-state index is 0.0232. The topological polar surface area (TPSA) is 60.0 Å². The van der Waals surface area contributed by atoms with Crippen molar-refractivity contribution in [3.8, 4) is 0 Å². The number of likely N-dealkylation sites (N-methyl/N-ethyl adjacent to an activating group) is 1. The summed E-state index contributed by atoms with van der Waals surface area (Å²) in [4.78, 5) is 20.4. The Bertz CT molecular complexity index is 431. The summed E-state index contributed by atoms with van der Waals surface area (Å²) in [6, 6.07) is 1.85. The molecule has 2 unspecified atom stereocenters. The SMILES string of the molecule is CC(C)CNC(=NCC(=O)N(C)C)NC1CC(C)N(C2CC2)C1. The van der Waals surface area contributed by atoms with E-state index in [1.165, 1.54) is 12.8 Å². The molecule has 23 heavy (non-hydrogen) atoms. The Morgan fingerprint density at radius 1 is 1.35 bits per heavy atom. The van der Waals surface area contributed by atoms with Crippen molar-refractivity contribution in [3.63, 3.8) is 0 Å². The van der Waals surface area contributed by atoms with Crippen LogP contribution in [0.3, 0.4) is 0 Å². The Morgan fingerprint density at radius 3 is 2.61 bits per heavy atom. The van der Waals surface area contributed by atoms with E-state index in [0.29, 0.717) is 18.0 Å². The third-order valence-electron chi connectivity index (χ3n) is 4.53. The molecule has 2 atom stereocenters. The molecule has 1 saturated carbocycles. The summed E-state index contributed by atoms with van der Waals surface area (Å²) in [5.74, 6) is 1.33. The number of likely N-dealkylation sites (tertiary alicyclic amines) is 1. The van der Waals surface area contributed by atoms with Gasteiger partial charge in [-0.05, 0) is 32.1 Å². The monoisotopic (exact) mass is 323 g/mol. The molecule has 2 aliphatic rings. The fourth-order valence-corrected chi connectivity index (χ4v) is 3.01. The molecular formula is C17H33N5O. The van der Waals surface area contributed by atoms with E-state index in [0.717, 1.165) is 31.5 Å². The second kappa shape index (κ2) is 7.99. The minimum absolute atomic E-state index is 0.0232. The van der Waals surface area contributed by atoms with E-state index in [4.69, 9.17) is 0 Å². The van der Waals surface area contributed by atoms with Crippen LogP contribution in [-0.2, 0) is 4.79 Å². The Hall–Kier alpha value is -1.30. The Morgan fingerprint density at radius 2 is 2.04 bits per heavy atom. The van der Waals surface area contributed by atoms with Gasteiger partial charge in [-0.1, -0.05) is 13.8 Å². The highest BCUT2D eigenvalue weighted by molar-refractivity contribution is 5.85. The number of guanidine groups is 1. The lowest BCUT2D eigenvalue weighted by molar-refractivity contribution is -0.127. The molecule has 0 bridgehead atoms. The molecule has 6 nitrogen and oxygen atoms in total. The number of carbonyl (C=O) groups excluding carboxylic acids is 1. The van der Waals surface area contributed by atoms with E-state index in [-0.39, 0.29) is 12.5 Å². The normalized spacial score (nSPS) is 25.7. The molecule has 2 N–H and O–H groups in total. The summed E-state index contributed by atoms with van der Waals surface area (Å²) in [6.45, 7) is 8.78. The summed E-state index contributed by atoms with van der Waals surface area (Å²) in [5.41, 5.74) is 0. The van der Waals surface area contributed by atoms with E-state index < -0.39 is 0 Å². The Balaban J connectivity index is 1.90. The van der Waals surface area contributed by atoms with Crippen LogP contribution in [0, 0.1) is 5.92 Å². The number of hydrogen-bond acceptors (Lipinski definition) is 3. The third kappa shape index (κ3) is 5.68. The van der Waals surface area contributed by atoms with Crippen LogP contribution in [0.1, 0.15) is 40.0 Å². The maximum absolute atomic E-state index is 11.8. The number of rotatable bonds is 6. The first-order valence-electron chi connectivity index (χ1n) is 8.87. The van der Waals surface area contributed by atoms with E-state index in [2.05, 4.69) is 41.3 Å². The van der Waals surface area contributed by atoms with Crippen molar-refractivity contribution in [2.45, 2.75) is 58.2 Å². The predicted octanol–water partition coefficient (Wildman–Crippen LogP) is 0.891. The number of nitrogens with zero attached hydrogens (tertiary/aromatic N) is 3. The van der Waals surface area contributed by atoms with Crippen molar-refractivity contribution in [2.75, 3.05) is 33.7 Å². The average Bonchev–Trinajstić information content (AvgIpc) is 3.25.